The lowest BCUT2D eigenvalue weighted by Crippen LogP contribution is -2.47. The fourth-order valence-electron chi connectivity index (χ4n) is 5.99. The van der Waals surface area contributed by atoms with Gasteiger partial charge in [-0.2, -0.15) is 5.01 Å². The number of fused-ring (bicyclic) bond motifs is 1. The Balaban J connectivity index is 1.44. The number of nitrogens with one attached hydrogen (secondary N) is 1. The Hall–Kier alpha value is -4.27. The number of hydrogen-bond donors (Lipinski definition) is 1. The lowest BCUT2D eigenvalue weighted by molar-refractivity contribution is 0.0769. The maximum atomic E-state index is 14.3. The molecule has 1 N–H and O–H groups in total. The first-order chi connectivity index (χ1) is 20.1. The van der Waals surface area contributed by atoms with E-state index in [9.17, 15) is 9.59 Å². The van der Waals surface area contributed by atoms with Gasteiger partial charge < -0.3 is 9.47 Å². The van der Waals surface area contributed by atoms with Gasteiger partial charge in [0.2, 0.25) is 0 Å². The van der Waals surface area contributed by atoms with Gasteiger partial charge in [0.25, 0.3) is 5.91 Å². The third kappa shape index (κ3) is 5.53. The summed E-state index contributed by atoms with van der Waals surface area (Å²) < 4.78 is 10.8. The van der Waals surface area contributed by atoms with Gasteiger partial charge >= 0.3 is 6.09 Å². The number of rotatable bonds is 5. The van der Waals surface area contributed by atoms with Gasteiger partial charge in [-0.25, -0.2) is 9.78 Å². The number of anilines is 1. The van der Waals surface area contributed by atoms with Crippen molar-refractivity contribution < 1.29 is 19.1 Å². The molecule has 41 heavy (non-hydrogen) atoms. The van der Waals surface area contributed by atoms with E-state index in [1.807, 2.05) is 60.7 Å². The minimum Gasteiger partial charge on any atom is -0.451 e. The van der Waals surface area contributed by atoms with Crippen LogP contribution in [-0.4, -0.2) is 55.3 Å². The number of nitrogens with zero attached hydrogens (tertiary/aromatic N) is 3. The summed E-state index contributed by atoms with van der Waals surface area (Å²) in [7, 11) is 1.30. The normalized spacial score (nSPS) is 16.5. The number of methoxy groups -OCH3 is 1. The molecule has 2 saturated heterocycles. The quantitative estimate of drug-likeness (QED) is 0.315. The summed E-state index contributed by atoms with van der Waals surface area (Å²) in [6.07, 6.45) is 2.57. The zero-order chi connectivity index (χ0) is 28.2. The van der Waals surface area contributed by atoms with Gasteiger partial charge in [0.05, 0.1) is 36.2 Å². The average molecular weight is 551 g/mol. The molecule has 0 saturated carbocycles. The molecule has 0 unspecified atom stereocenters. The highest BCUT2D eigenvalue weighted by molar-refractivity contribution is 6.10. The number of amides is 2. The van der Waals surface area contributed by atoms with E-state index < -0.39 is 12.0 Å². The summed E-state index contributed by atoms with van der Waals surface area (Å²) in [6.45, 7) is 4.08. The second-order valence-corrected chi connectivity index (χ2v) is 10.9. The van der Waals surface area contributed by atoms with E-state index in [1.165, 1.54) is 7.11 Å². The third-order valence-corrected chi connectivity index (χ3v) is 8.34. The van der Waals surface area contributed by atoms with E-state index in [2.05, 4.69) is 10.3 Å². The van der Waals surface area contributed by atoms with E-state index in [-0.39, 0.29) is 5.41 Å². The van der Waals surface area contributed by atoms with Crippen LogP contribution in [0.2, 0.25) is 0 Å². The summed E-state index contributed by atoms with van der Waals surface area (Å²) >= 11 is 0. The Labute approximate surface area is 239 Å². The predicted octanol–water partition coefficient (Wildman–Crippen LogP) is 5.82. The van der Waals surface area contributed by atoms with Crippen molar-refractivity contribution in [2.45, 2.75) is 25.8 Å². The molecule has 0 atom stereocenters. The number of benzene rings is 3. The van der Waals surface area contributed by atoms with Crippen molar-refractivity contribution in [3.05, 3.63) is 96.1 Å². The van der Waals surface area contributed by atoms with Crippen LogP contribution in [0.3, 0.4) is 0 Å². The first kappa shape index (κ1) is 26.9. The summed E-state index contributed by atoms with van der Waals surface area (Å²) in [6, 6.07) is 26.6. The number of likely N-dealkylation sites (tertiary alicyclic amines) is 1. The molecular weight excluding hydrogens is 516 g/mol. The molecule has 1 aromatic heterocycles. The van der Waals surface area contributed by atoms with Crippen LogP contribution in [0.25, 0.3) is 22.2 Å². The number of piperidine rings is 1. The molecule has 0 radical (unpaired) electrons. The smallest absolute Gasteiger partial charge is 0.433 e. The van der Waals surface area contributed by atoms with Crippen LogP contribution in [-0.2, 0) is 16.0 Å². The summed E-state index contributed by atoms with van der Waals surface area (Å²) in [5.74, 6) is -0.400. The largest absolute Gasteiger partial charge is 0.451 e. The van der Waals surface area contributed by atoms with Crippen LogP contribution in [0.5, 0.6) is 0 Å². The molecule has 2 amide bonds. The number of pyridine rings is 1. The fourth-order valence-corrected chi connectivity index (χ4v) is 5.99. The summed E-state index contributed by atoms with van der Waals surface area (Å²) in [5.41, 5.74) is 7.38. The lowest BCUT2D eigenvalue weighted by atomic mass is 9.78. The standard InChI is InChI=1S/C33H34N4O4/c1-40-32(39)37(25-12-6-3-7-13-25)35-31(38)29-26-14-8-9-15-28(26)34-30(24-10-4-2-5-11-24)27(29)22-36-19-16-33(17-20-36)18-21-41-23-33/h2-15H,16-23H2,1H3,(H,35,38). The van der Waals surface area contributed by atoms with E-state index in [1.54, 1.807) is 24.3 Å². The third-order valence-electron chi connectivity index (χ3n) is 8.34. The zero-order valence-corrected chi connectivity index (χ0v) is 23.2. The van der Waals surface area contributed by atoms with Crippen molar-refractivity contribution in [2.75, 3.05) is 38.4 Å². The molecular formula is C33H34N4O4. The highest BCUT2D eigenvalue weighted by Gasteiger charge is 2.38. The number of para-hydroxylation sites is 2. The van der Waals surface area contributed by atoms with Crippen LogP contribution in [0.15, 0.2) is 84.9 Å². The molecule has 6 rings (SSSR count). The van der Waals surface area contributed by atoms with E-state index in [0.29, 0.717) is 23.3 Å². The van der Waals surface area contributed by atoms with Gasteiger partial charge in [0.15, 0.2) is 0 Å². The fraction of sp³-hybridized carbons (Fsp3) is 0.303. The van der Waals surface area contributed by atoms with Gasteiger partial charge in [0.1, 0.15) is 0 Å². The van der Waals surface area contributed by atoms with Crippen LogP contribution in [0, 0.1) is 5.41 Å². The lowest BCUT2D eigenvalue weighted by Gasteiger charge is -2.38. The minimum atomic E-state index is -0.687. The summed E-state index contributed by atoms with van der Waals surface area (Å²) in [4.78, 5) is 34.6. The first-order valence-electron chi connectivity index (χ1n) is 14.1. The Morgan fingerprint density at radius 3 is 2.32 bits per heavy atom. The van der Waals surface area contributed by atoms with Crippen molar-refractivity contribution in [1.82, 2.24) is 15.3 Å². The molecule has 8 nitrogen and oxygen atoms in total. The predicted molar refractivity (Wildman–Crippen MR) is 158 cm³/mol. The van der Waals surface area contributed by atoms with Crippen LogP contribution < -0.4 is 10.4 Å². The number of carbonyl (C=O) groups is 2. The van der Waals surface area contributed by atoms with Crippen molar-refractivity contribution >= 4 is 28.6 Å². The van der Waals surface area contributed by atoms with Crippen molar-refractivity contribution in [2.24, 2.45) is 5.41 Å². The molecule has 1 spiro atoms. The topological polar surface area (TPSA) is 84.0 Å². The summed E-state index contributed by atoms with van der Waals surface area (Å²) in [5, 5.41) is 1.88. The number of hydrogen-bond acceptors (Lipinski definition) is 6. The SMILES string of the molecule is COC(=O)N(NC(=O)c1c(CN2CCC3(CCOC3)CC2)c(-c2ccccc2)nc2ccccc12)c1ccccc1. The number of carbonyl (C=O) groups excluding carboxylic acids is 2. The molecule has 3 aromatic carbocycles. The van der Waals surface area contributed by atoms with Crippen molar-refractivity contribution in [1.29, 1.82) is 0 Å². The molecule has 2 aliphatic rings. The van der Waals surface area contributed by atoms with Crippen molar-refractivity contribution in [3.8, 4) is 11.3 Å². The number of ether oxygens (including phenoxy) is 2. The van der Waals surface area contributed by atoms with Gasteiger partial charge in [-0.05, 0) is 56.0 Å². The Kier molecular flexibility index (Phi) is 7.67. The van der Waals surface area contributed by atoms with Crippen LogP contribution in [0.1, 0.15) is 35.2 Å². The Morgan fingerprint density at radius 2 is 1.63 bits per heavy atom. The molecule has 3 heterocycles. The van der Waals surface area contributed by atoms with Crippen LogP contribution in [0.4, 0.5) is 10.5 Å². The van der Waals surface area contributed by atoms with E-state index in [4.69, 9.17) is 14.5 Å². The van der Waals surface area contributed by atoms with Gasteiger partial charge in [0, 0.05) is 29.7 Å². The average Bonchev–Trinajstić information content (AvgIpc) is 3.48. The first-order valence-corrected chi connectivity index (χ1v) is 14.1. The maximum absolute atomic E-state index is 14.3. The zero-order valence-electron chi connectivity index (χ0n) is 23.2. The van der Waals surface area contributed by atoms with Crippen LogP contribution >= 0.6 is 0 Å². The molecule has 0 aliphatic carbocycles. The van der Waals surface area contributed by atoms with E-state index in [0.717, 1.165) is 72.8 Å². The molecule has 4 aromatic rings. The number of hydrazine groups is 1. The molecule has 0 bridgehead atoms. The van der Waals surface area contributed by atoms with Gasteiger partial charge in [-0.15, -0.1) is 0 Å². The highest BCUT2D eigenvalue weighted by Crippen LogP contribution is 2.40. The Morgan fingerprint density at radius 1 is 0.951 bits per heavy atom. The minimum absolute atomic E-state index is 0.275. The Bertz CT molecular complexity index is 1530. The number of aromatic nitrogens is 1. The second-order valence-electron chi connectivity index (χ2n) is 10.9. The van der Waals surface area contributed by atoms with Gasteiger partial charge in [-0.3, -0.25) is 15.1 Å². The second kappa shape index (κ2) is 11.7. The highest BCUT2D eigenvalue weighted by atomic mass is 16.5. The molecule has 2 aliphatic heterocycles. The molecule has 8 heteroatoms. The molecule has 210 valence electrons. The van der Waals surface area contributed by atoms with Gasteiger partial charge in [-0.1, -0.05) is 66.7 Å². The van der Waals surface area contributed by atoms with E-state index >= 15 is 0 Å². The van der Waals surface area contributed by atoms with Crippen molar-refractivity contribution in [3.63, 3.8) is 0 Å². The maximum Gasteiger partial charge on any atom is 0.433 e. The monoisotopic (exact) mass is 550 g/mol. The molecule has 2 fully saturated rings.